The van der Waals surface area contributed by atoms with Crippen molar-refractivity contribution in [2.75, 3.05) is 11.9 Å². The Bertz CT molecular complexity index is 954. The van der Waals surface area contributed by atoms with Crippen LogP contribution < -0.4 is 10.6 Å². The first-order chi connectivity index (χ1) is 13.8. The average Bonchev–Trinajstić information content (AvgIpc) is 3.21. The van der Waals surface area contributed by atoms with Crippen LogP contribution in [-0.2, 0) is 24.1 Å². The maximum absolute atomic E-state index is 12.6. The summed E-state index contributed by atoms with van der Waals surface area (Å²) in [5, 5.41) is 10.6. The summed E-state index contributed by atoms with van der Waals surface area (Å²) in [6.45, 7) is 6.87. The van der Waals surface area contributed by atoms with Crippen LogP contribution in [0.15, 0.2) is 10.7 Å². The minimum atomic E-state index is -0.422. The number of aromatic nitrogens is 2. The lowest BCUT2D eigenvalue weighted by atomic mass is 9.88. The van der Waals surface area contributed by atoms with Gasteiger partial charge in [-0.25, -0.2) is 4.79 Å². The minimum absolute atomic E-state index is 0.116. The molecule has 10 heteroatoms. The number of halogens is 1. The minimum Gasteiger partial charge on any atom is -0.462 e. The summed E-state index contributed by atoms with van der Waals surface area (Å²) in [5.74, 6) is -0.212. The number of nitrogens with one attached hydrogen (secondary N) is 2. The molecular formula is C19H23BrN4O3S2. The number of esters is 1. The van der Waals surface area contributed by atoms with Gasteiger partial charge in [0.2, 0.25) is 0 Å². The highest BCUT2D eigenvalue weighted by Crippen LogP contribution is 2.40. The van der Waals surface area contributed by atoms with E-state index in [4.69, 9.17) is 17.0 Å². The fourth-order valence-electron chi connectivity index (χ4n) is 3.27. The summed E-state index contributed by atoms with van der Waals surface area (Å²) in [5.41, 5.74) is 1.82. The van der Waals surface area contributed by atoms with Gasteiger partial charge in [-0.15, -0.1) is 11.3 Å². The molecule has 2 aromatic rings. The van der Waals surface area contributed by atoms with Crippen LogP contribution in [0.25, 0.3) is 0 Å². The van der Waals surface area contributed by atoms with E-state index in [1.807, 2.05) is 6.92 Å². The van der Waals surface area contributed by atoms with E-state index in [0.717, 1.165) is 24.8 Å². The topological polar surface area (TPSA) is 85.2 Å². The normalized spacial score (nSPS) is 15.5. The summed E-state index contributed by atoms with van der Waals surface area (Å²) in [6, 6.07) is 0. The molecule has 1 atom stereocenters. The molecule has 1 aliphatic carbocycles. The van der Waals surface area contributed by atoms with Crippen LogP contribution in [-0.4, -0.2) is 33.4 Å². The van der Waals surface area contributed by atoms with Gasteiger partial charge in [0.05, 0.1) is 16.6 Å². The van der Waals surface area contributed by atoms with Gasteiger partial charge in [-0.3, -0.25) is 14.8 Å². The third-order valence-electron chi connectivity index (χ3n) is 4.70. The predicted octanol–water partition coefficient (Wildman–Crippen LogP) is 4.16. The quantitative estimate of drug-likeness (QED) is 0.475. The lowest BCUT2D eigenvalue weighted by Crippen LogP contribution is -2.34. The van der Waals surface area contributed by atoms with Gasteiger partial charge in [-0.1, -0.05) is 6.92 Å². The molecule has 0 fully saturated rings. The molecule has 2 N–H and O–H groups in total. The van der Waals surface area contributed by atoms with Gasteiger partial charge >= 0.3 is 5.97 Å². The number of carbonyl (C=O) groups is 2. The van der Waals surface area contributed by atoms with Crippen LogP contribution in [0, 0.1) is 5.92 Å². The summed E-state index contributed by atoms with van der Waals surface area (Å²) < 4.78 is 7.51. The van der Waals surface area contributed by atoms with Gasteiger partial charge in [0, 0.05) is 17.6 Å². The molecule has 29 heavy (non-hydrogen) atoms. The molecule has 0 spiro atoms. The monoisotopic (exact) mass is 498 g/mol. The molecule has 1 amide bonds. The first-order valence-corrected chi connectivity index (χ1v) is 11.5. The summed E-state index contributed by atoms with van der Waals surface area (Å²) in [6.07, 6.45) is 4.53. The fraction of sp³-hybridized carbons (Fsp3) is 0.474. The lowest BCUT2D eigenvalue weighted by Gasteiger charge is -2.18. The number of thiophene rings is 1. The van der Waals surface area contributed by atoms with Crippen molar-refractivity contribution in [3.05, 3.63) is 32.4 Å². The molecule has 1 aliphatic rings. The highest BCUT2D eigenvalue weighted by atomic mass is 79.9. The zero-order chi connectivity index (χ0) is 21.1. The Morgan fingerprint density at radius 1 is 1.45 bits per heavy atom. The zero-order valence-electron chi connectivity index (χ0n) is 16.5. The summed E-state index contributed by atoms with van der Waals surface area (Å²) in [7, 11) is 0. The van der Waals surface area contributed by atoms with Crippen molar-refractivity contribution in [1.82, 2.24) is 15.1 Å². The number of amides is 1. The Labute approximate surface area is 187 Å². The van der Waals surface area contributed by atoms with Crippen LogP contribution >= 0.6 is 39.5 Å². The first kappa shape index (κ1) is 21.9. The molecule has 2 heterocycles. The zero-order valence-corrected chi connectivity index (χ0v) is 19.7. The van der Waals surface area contributed by atoms with Crippen LogP contribution in [0.4, 0.5) is 5.00 Å². The molecule has 7 nitrogen and oxygen atoms in total. The van der Waals surface area contributed by atoms with E-state index in [1.165, 1.54) is 16.2 Å². The van der Waals surface area contributed by atoms with E-state index >= 15 is 0 Å². The van der Waals surface area contributed by atoms with Crippen LogP contribution in [0.5, 0.6) is 0 Å². The Morgan fingerprint density at radius 2 is 2.21 bits per heavy atom. The highest BCUT2D eigenvalue weighted by molar-refractivity contribution is 9.10. The number of fused-ring (bicyclic) bond motifs is 1. The van der Waals surface area contributed by atoms with Crippen molar-refractivity contribution in [1.29, 1.82) is 0 Å². The van der Waals surface area contributed by atoms with E-state index in [2.05, 4.69) is 38.6 Å². The number of nitrogens with zero attached hydrogens (tertiary/aromatic N) is 2. The molecule has 0 bridgehead atoms. The average molecular weight is 499 g/mol. The van der Waals surface area contributed by atoms with Gasteiger partial charge in [-0.2, -0.15) is 5.10 Å². The molecule has 0 aromatic carbocycles. The van der Waals surface area contributed by atoms with E-state index in [-0.39, 0.29) is 16.8 Å². The summed E-state index contributed by atoms with van der Waals surface area (Å²) >= 11 is 10.2. The highest BCUT2D eigenvalue weighted by Gasteiger charge is 2.29. The molecular weight excluding hydrogens is 476 g/mol. The number of carbonyl (C=O) groups excluding carboxylic acids is 2. The van der Waals surface area contributed by atoms with Crippen LogP contribution in [0.3, 0.4) is 0 Å². The maximum atomic E-state index is 12.6. The number of ether oxygens (including phenoxy) is 1. The number of anilines is 1. The van der Waals surface area contributed by atoms with Crippen molar-refractivity contribution < 1.29 is 14.3 Å². The van der Waals surface area contributed by atoms with Crippen molar-refractivity contribution in [3.8, 4) is 0 Å². The Kier molecular flexibility index (Phi) is 7.07. The standard InChI is InChI=1S/C19H23BrN4O3S2/c1-4-24-9-12(20)15(23-24)16(25)21-19(28)22-17-14(18(26)27-5-2)11-7-6-10(3)8-13(11)29-17/h9-10H,4-8H2,1-3H3,(H2,21,22,25,28)/t10-/m0/s1. The number of rotatable bonds is 5. The third-order valence-corrected chi connectivity index (χ3v) is 6.66. The molecule has 156 valence electrons. The van der Waals surface area contributed by atoms with Gasteiger partial charge in [0.25, 0.3) is 5.91 Å². The Morgan fingerprint density at radius 3 is 2.86 bits per heavy atom. The Balaban J connectivity index is 1.79. The van der Waals surface area contributed by atoms with Crippen molar-refractivity contribution in [2.24, 2.45) is 5.92 Å². The summed E-state index contributed by atoms with van der Waals surface area (Å²) in [4.78, 5) is 26.3. The molecule has 0 saturated heterocycles. The van der Waals surface area contributed by atoms with Crippen molar-refractivity contribution >= 4 is 61.5 Å². The van der Waals surface area contributed by atoms with Gasteiger partial charge < -0.3 is 10.1 Å². The van der Waals surface area contributed by atoms with E-state index in [0.29, 0.717) is 34.1 Å². The van der Waals surface area contributed by atoms with Crippen LogP contribution in [0.2, 0.25) is 0 Å². The van der Waals surface area contributed by atoms with E-state index in [9.17, 15) is 9.59 Å². The van der Waals surface area contributed by atoms with E-state index < -0.39 is 5.91 Å². The Hall–Kier alpha value is -1.78. The second-order valence-corrected chi connectivity index (χ2v) is 9.23. The van der Waals surface area contributed by atoms with Gasteiger partial charge in [0.15, 0.2) is 10.8 Å². The molecule has 0 radical (unpaired) electrons. The molecule has 0 unspecified atom stereocenters. The molecule has 2 aromatic heterocycles. The smallest absolute Gasteiger partial charge is 0.341 e. The number of thiocarbonyl (C=S) groups is 1. The van der Waals surface area contributed by atoms with Crippen LogP contribution in [0.1, 0.15) is 58.5 Å². The second-order valence-electron chi connectivity index (χ2n) is 6.87. The SMILES string of the molecule is CCOC(=O)c1c(NC(=S)NC(=O)c2nn(CC)cc2Br)sc2c1CC[C@H](C)C2. The first-order valence-electron chi connectivity index (χ1n) is 9.50. The molecule has 0 saturated carbocycles. The predicted molar refractivity (Wildman–Crippen MR) is 121 cm³/mol. The third kappa shape index (κ3) is 4.87. The fourth-order valence-corrected chi connectivity index (χ4v) is 5.43. The van der Waals surface area contributed by atoms with Crippen molar-refractivity contribution in [3.63, 3.8) is 0 Å². The number of hydrogen-bond donors (Lipinski definition) is 2. The van der Waals surface area contributed by atoms with Gasteiger partial charge in [0.1, 0.15) is 5.00 Å². The second kappa shape index (κ2) is 9.36. The largest absolute Gasteiger partial charge is 0.462 e. The van der Waals surface area contributed by atoms with Crippen molar-refractivity contribution in [2.45, 2.75) is 46.6 Å². The maximum Gasteiger partial charge on any atom is 0.341 e. The van der Waals surface area contributed by atoms with E-state index in [1.54, 1.807) is 17.8 Å². The lowest BCUT2D eigenvalue weighted by molar-refractivity contribution is 0.0526. The molecule has 0 aliphatic heterocycles. The number of aryl methyl sites for hydroxylation is 1. The van der Waals surface area contributed by atoms with Gasteiger partial charge in [-0.05, 0) is 72.7 Å². The number of hydrogen-bond acceptors (Lipinski definition) is 6. The molecule has 3 rings (SSSR count).